The number of nitrogens with zero attached hydrogens (tertiary/aromatic N) is 6. The number of benzene rings is 1. The summed E-state index contributed by atoms with van der Waals surface area (Å²) in [5, 5.41) is 16.8. The Morgan fingerprint density at radius 1 is 1.26 bits per heavy atom. The van der Waals surface area contributed by atoms with Gasteiger partial charge in [0.15, 0.2) is 0 Å². The van der Waals surface area contributed by atoms with Crippen molar-refractivity contribution in [3.63, 3.8) is 0 Å². The van der Waals surface area contributed by atoms with Gasteiger partial charge in [0, 0.05) is 16.0 Å². The van der Waals surface area contributed by atoms with Gasteiger partial charge in [-0.1, -0.05) is 50.6 Å². The number of fused-ring (bicyclic) bond motifs is 1. The Bertz CT molecular complexity index is 950. The van der Waals surface area contributed by atoms with Gasteiger partial charge < -0.3 is 0 Å². The van der Waals surface area contributed by atoms with Crippen LogP contribution in [-0.4, -0.2) is 30.7 Å². The second kappa shape index (κ2) is 5.58. The molecule has 0 N–H and O–H groups in total. The predicted octanol–water partition coefficient (Wildman–Crippen LogP) is 2.12. The molecule has 0 aliphatic heterocycles. The van der Waals surface area contributed by atoms with E-state index in [1.807, 2.05) is 39.0 Å². The molecule has 23 heavy (non-hydrogen) atoms. The van der Waals surface area contributed by atoms with E-state index in [1.165, 1.54) is 21.7 Å². The Balaban J connectivity index is 2.21. The number of hydrogen-bond donors (Lipinski definition) is 0. The topological polar surface area (TPSA) is 77.4 Å². The summed E-state index contributed by atoms with van der Waals surface area (Å²) in [6, 6.07) is 7.23. The molecular weight excluding hydrogens is 316 g/mol. The van der Waals surface area contributed by atoms with Crippen LogP contribution in [0.5, 0.6) is 0 Å². The van der Waals surface area contributed by atoms with Crippen LogP contribution in [0.4, 0.5) is 0 Å². The van der Waals surface area contributed by atoms with E-state index in [0.717, 1.165) is 0 Å². The first-order valence-corrected chi connectivity index (χ1v) is 7.38. The summed E-state index contributed by atoms with van der Waals surface area (Å²) >= 11 is 6.11. The smallest absolute Gasteiger partial charge is 0.265 e. The fraction of sp³-hybridized carbons (Fsp3) is 0.267. The van der Waals surface area contributed by atoms with Crippen LogP contribution < -0.4 is 5.56 Å². The molecule has 0 atom stereocenters. The van der Waals surface area contributed by atoms with E-state index in [0.29, 0.717) is 16.3 Å². The van der Waals surface area contributed by atoms with E-state index >= 15 is 0 Å². The van der Waals surface area contributed by atoms with Crippen molar-refractivity contribution in [2.75, 3.05) is 0 Å². The highest BCUT2D eigenvalue weighted by atomic mass is 35.5. The van der Waals surface area contributed by atoms with E-state index in [9.17, 15) is 4.79 Å². The largest absolute Gasteiger partial charge is 0.298 e. The molecule has 118 valence electrons. The Hall–Kier alpha value is -2.54. The Kier molecular flexibility index (Phi) is 3.73. The molecule has 0 spiro atoms. The fourth-order valence-electron chi connectivity index (χ4n) is 2.05. The van der Waals surface area contributed by atoms with Gasteiger partial charge >= 0.3 is 0 Å². The molecule has 0 bridgehead atoms. The zero-order valence-electron chi connectivity index (χ0n) is 12.9. The molecule has 1 aromatic carbocycles. The van der Waals surface area contributed by atoms with Gasteiger partial charge in [-0.25, -0.2) is 0 Å². The summed E-state index contributed by atoms with van der Waals surface area (Å²) in [4.78, 5) is 12.7. The molecule has 0 unspecified atom stereocenters. The van der Waals surface area contributed by atoms with E-state index in [1.54, 1.807) is 6.07 Å². The van der Waals surface area contributed by atoms with Gasteiger partial charge in [-0.3, -0.25) is 4.79 Å². The van der Waals surface area contributed by atoms with Crippen LogP contribution in [-0.2, 0) is 5.41 Å². The van der Waals surface area contributed by atoms with E-state index in [4.69, 9.17) is 11.6 Å². The van der Waals surface area contributed by atoms with Crippen LogP contribution in [0.1, 0.15) is 32.0 Å². The minimum Gasteiger partial charge on any atom is -0.265 e. The highest BCUT2D eigenvalue weighted by molar-refractivity contribution is 6.33. The summed E-state index contributed by atoms with van der Waals surface area (Å²) in [5.41, 5.74) is 0.312. The second-order valence-electron chi connectivity index (χ2n) is 6.06. The van der Waals surface area contributed by atoms with Crippen molar-refractivity contribution < 1.29 is 0 Å². The van der Waals surface area contributed by atoms with Gasteiger partial charge in [-0.15, -0.1) is 10.2 Å². The lowest BCUT2D eigenvalue weighted by Crippen LogP contribution is -2.33. The molecule has 0 fully saturated rings. The third kappa shape index (κ3) is 2.87. The summed E-state index contributed by atoms with van der Waals surface area (Å²) < 4.78 is 2.62. The molecule has 2 heterocycles. The van der Waals surface area contributed by atoms with Crippen molar-refractivity contribution in [2.45, 2.75) is 26.2 Å². The number of hydrogen-bond acceptors (Lipinski definition) is 5. The summed E-state index contributed by atoms with van der Waals surface area (Å²) in [5.74, 6) is 0.242. The average Bonchev–Trinajstić information content (AvgIpc) is 2.94. The molecule has 0 aliphatic rings. The van der Waals surface area contributed by atoms with Crippen LogP contribution >= 0.6 is 11.6 Å². The van der Waals surface area contributed by atoms with Crippen LogP contribution in [0.25, 0.3) is 5.78 Å². The Morgan fingerprint density at radius 3 is 2.70 bits per heavy atom. The average molecular weight is 331 g/mol. The predicted molar refractivity (Wildman–Crippen MR) is 88.2 cm³/mol. The van der Waals surface area contributed by atoms with Gasteiger partial charge in [-0.05, 0) is 6.07 Å². The molecule has 0 amide bonds. The molecule has 8 heteroatoms. The molecule has 0 saturated heterocycles. The second-order valence-corrected chi connectivity index (χ2v) is 6.46. The van der Waals surface area contributed by atoms with Gasteiger partial charge in [0.25, 0.3) is 11.3 Å². The molecule has 7 nitrogen and oxygen atoms in total. The molecule has 3 aromatic rings. The van der Waals surface area contributed by atoms with Crippen molar-refractivity contribution in [3.8, 4) is 0 Å². The highest BCUT2D eigenvalue weighted by Gasteiger charge is 2.23. The van der Waals surface area contributed by atoms with E-state index in [-0.39, 0.29) is 11.3 Å². The molecule has 0 radical (unpaired) electrons. The van der Waals surface area contributed by atoms with Crippen molar-refractivity contribution in [3.05, 3.63) is 57.2 Å². The van der Waals surface area contributed by atoms with E-state index in [2.05, 4.69) is 20.4 Å². The first kappa shape index (κ1) is 15.4. The quantitative estimate of drug-likeness (QED) is 0.674. The molecular formula is C15H15ClN6O. The maximum atomic E-state index is 12.7. The minimum atomic E-state index is -0.433. The first-order valence-electron chi connectivity index (χ1n) is 7.00. The lowest BCUT2D eigenvalue weighted by Gasteiger charge is -2.16. The Labute approximate surface area is 137 Å². The monoisotopic (exact) mass is 330 g/mol. The zero-order valence-corrected chi connectivity index (χ0v) is 13.7. The number of rotatable bonds is 2. The van der Waals surface area contributed by atoms with Crippen LogP contribution in [0.2, 0.25) is 5.02 Å². The fourth-order valence-corrected chi connectivity index (χ4v) is 2.23. The lowest BCUT2D eigenvalue weighted by atomic mass is 9.93. The molecule has 3 rings (SSSR count). The normalized spacial score (nSPS) is 12.3. The van der Waals surface area contributed by atoms with Crippen LogP contribution in [0.15, 0.2) is 40.5 Å². The minimum absolute atomic E-state index is 0.242. The van der Waals surface area contributed by atoms with Crippen molar-refractivity contribution in [1.29, 1.82) is 0 Å². The number of halogens is 1. The summed E-state index contributed by atoms with van der Waals surface area (Å²) in [6.07, 6.45) is 2.95. The SMILES string of the molecule is CC(C)(C)c1nn2cnnc2n(/N=C/c2ccccc2Cl)c1=O. The number of aromatic nitrogens is 5. The van der Waals surface area contributed by atoms with Gasteiger partial charge in [-0.2, -0.15) is 19.4 Å². The first-order chi connectivity index (χ1) is 10.9. The molecule has 0 saturated carbocycles. The lowest BCUT2D eigenvalue weighted by molar-refractivity contribution is 0.529. The highest BCUT2D eigenvalue weighted by Crippen LogP contribution is 2.16. The van der Waals surface area contributed by atoms with Crippen molar-refractivity contribution in [1.82, 2.24) is 24.5 Å². The maximum absolute atomic E-state index is 12.7. The third-order valence-corrected chi connectivity index (χ3v) is 3.58. The molecule has 0 aliphatic carbocycles. The van der Waals surface area contributed by atoms with Crippen molar-refractivity contribution in [2.24, 2.45) is 5.10 Å². The molecule has 2 aromatic heterocycles. The van der Waals surface area contributed by atoms with Crippen molar-refractivity contribution >= 4 is 23.6 Å². The zero-order chi connectivity index (χ0) is 16.6. The summed E-state index contributed by atoms with van der Waals surface area (Å²) in [6.45, 7) is 5.74. The van der Waals surface area contributed by atoms with Crippen LogP contribution in [0, 0.1) is 0 Å². The summed E-state index contributed by atoms with van der Waals surface area (Å²) in [7, 11) is 0. The van der Waals surface area contributed by atoms with Gasteiger partial charge in [0.2, 0.25) is 0 Å². The van der Waals surface area contributed by atoms with Gasteiger partial charge in [0.1, 0.15) is 12.0 Å². The standard InChI is InChI=1S/C15H15ClN6O/c1-15(2,3)12-13(23)22(14-19-17-9-21(14)20-12)18-8-10-6-4-5-7-11(10)16/h4-9H,1-3H3/b18-8+. The third-order valence-electron chi connectivity index (χ3n) is 3.23. The maximum Gasteiger partial charge on any atom is 0.298 e. The van der Waals surface area contributed by atoms with Crippen LogP contribution in [0.3, 0.4) is 0 Å². The van der Waals surface area contributed by atoms with E-state index < -0.39 is 5.41 Å². The van der Waals surface area contributed by atoms with Gasteiger partial charge in [0.05, 0.1) is 6.21 Å². The Morgan fingerprint density at radius 2 is 2.00 bits per heavy atom.